The van der Waals surface area contributed by atoms with Crippen LogP contribution in [0.15, 0.2) is 42.5 Å². The van der Waals surface area contributed by atoms with Crippen molar-refractivity contribution < 1.29 is 9.90 Å². The van der Waals surface area contributed by atoms with E-state index in [-0.39, 0.29) is 5.56 Å². The summed E-state index contributed by atoms with van der Waals surface area (Å²) < 4.78 is 0. The first kappa shape index (κ1) is 14.7. The first-order valence-corrected chi connectivity index (χ1v) is 6.61. The molecule has 5 nitrogen and oxygen atoms in total. The second kappa shape index (κ2) is 6.17. The number of nitrogens with one attached hydrogen (secondary N) is 2. The summed E-state index contributed by atoms with van der Waals surface area (Å²) in [6.45, 7) is 1.87. The van der Waals surface area contributed by atoms with Crippen molar-refractivity contribution in [3.63, 3.8) is 0 Å². The molecule has 5 heteroatoms. The van der Waals surface area contributed by atoms with Gasteiger partial charge in [0.15, 0.2) is 0 Å². The highest BCUT2D eigenvalue weighted by Gasteiger charge is 2.11. The Balaban J connectivity index is 2.15. The summed E-state index contributed by atoms with van der Waals surface area (Å²) in [5, 5.41) is 9.21. The molecule has 0 saturated heterocycles. The van der Waals surface area contributed by atoms with Gasteiger partial charge in [0.2, 0.25) is 0 Å². The molecule has 0 saturated carbocycles. The summed E-state index contributed by atoms with van der Waals surface area (Å²) in [5.74, 6) is -0.953. The fourth-order valence-electron chi connectivity index (χ4n) is 1.99. The van der Waals surface area contributed by atoms with E-state index >= 15 is 0 Å². The molecule has 110 valence electrons. The smallest absolute Gasteiger partial charge is 0.337 e. The van der Waals surface area contributed by atoms with Crippen LogP contribution in [0.5, 0.6) is 0 Å². The lowest BCUT2D eigenvalue weighted by atomic mass is 10.1. The minimum atomic E-state index is -0.953. The second-order valence-corrected chi connectivity index (χ2v) is 4.99. The first-order chi connectivity index (χ1) is 9.99. The molecule has 2 aromatic carbocycles. The van der Waals surface area contributed by atoms with E-state index in [0.29, 0.717) is 5.69 Å². The molecule has 0 heterocycles. The molecular formula is C16H19N3O2. The zero-order valence-electron chi connectivity index (χ0n) is 12.3. The van der Waals surface area contributed by atoms with Gasteiger partial charge in [-0.1, -0.05) is 12.1 Å². The number of aromatic carboxylic acids is 1. The molecule has 21 heavy (non-hydrogen) atoms. The van der Waals surface area contributed by atoms with Crippen molar-refractivity contribution in [2.24, 2.45) is 0 Å². The number of carboxylic acid groups (broad SMARTS) is 1. The topological polar surface area (TPSA) is 64.6 Å². The highest BCUT2D eigenvalue weighted by molar-refractivity contribution is 5.95. The van der Waals surface area contributed by atoms with Crippen LogP contribution in [-0.4, -0.2) is 25.2 Å². The lowest BCUT2D eigenvalue weighted by Gasteiger charge is -2.16. The maximum atomic E-state index is 11.2. The zero-order valence-corrected chi connectivity index (χ0v) is 12.3. The molecular weight excluding hydrogens is 266 g/mol. The third kappa shape index (κ3) is 3.45. The average molecular weight is 285 g/mol. The zero-order chi connectivity index (χ0) is 15.4. The summed E-state index contributed by atoms with van der Waals surface area (Å²) in [4.78, 5) is 13.2. The number of carbonyl (C=O) groups is 1. The number of carboxylic acids is 1. The van der Waals surface area contributed by atoms with Gasteiger partial charge in [0.1, 0.15) is 0 Å². The van der Waals surface area contributed by atoms with Crippen molar-refractivity contribution in [1.29, 1.82) is 0 Å². The molecule has 2 aromatic rings. The standard InChI is InChI=1S/C16H19N3O2/c1-11-5-4-6-14(16(20)21)15(11)18-17-12-7-9-13(10-8-12)19(2)3/h4-10,17-18H,1-3H3,(H,20,21). The van der Waals surface area contributed by atoms with Gasteiger partial charge in [0.05, 0.1) is 16.9 Å². The third-order valence-corrected chi connectivity index (χ3v) is 3.22. The van der Waals surface area contributed by atoms with E-state index < -0.39 is 5.97 Å². The van der Waals surface area contributed by atoms with E-state index in [1.807, 2.05) is 56.3 Å². The molecule has 0 atom stereocenters. The van der Waals surface area contributed by atoms with Crippen molar-refractivity contribution in [2.45, 2.75) is 6.92 Å². The molecule has 2 rings (SSSR count). The van der Waals surface area contributed by atoms with Gasteiger partial charge in [-0.2, -0.15) is 0 Å². The lowest BCUT2D eigenvalue weighted by molar-refractivity contribution is 0.0698. The number of aryl methyl sites for hydroxylation is 1. The molecule has 0 spiro atoms. The minimum Gasteiger partial charge on any atom is -0.478 e. The summed E-state index contributed by atoms with van der Waals surface area (Å²) in [6.07, 6.45) is 0. The van der Waals surface area contributed by atoms with Gasteiger partial charge >= 0.3 is 5.97 Å². The fourth-order valence-corrected chi connectivity index (χ4v) is 1.99. The van der Waals surface area contributed by atoms with E-state index in [4.69, 9.17) is 0 Å². The normalized spacial score (nSPS) is 10.0. The molecule has 0 unspecified atom stereocenters. The Labute approximate surface area is 124 Å². The molecule has 3 N–H and O–H groups in total. The molecule has 0 radical (unpaired) electrons. The number of nitrogens with zero attached hydrogens (tertiary/aromatic N) is 1. The van der Waals surface area contributed by atoms with Crippen molar-refractivity contribution >= 4 is 23.0 Å². The molecule has 0 aliphatic heterocycles. The Morgan fingerprint density at radius 2 is 1.71 bits per heavy atom. The first-order valence-electron chi connectivity index (χ1n) is 6.61. The largest absolute Gasteiger partial charge is 0.478 e. The number of anilines is 3. The van der Waals surface area contributed by atoms with E-state index in [2.05, 4.69) is 10.9 Å². The number of benzene rings is 2. The Hall–Kier alpha value is -2.69. The molecule has 0 aliphatic carbocycles. The van der Waals surface area contributed by atoms with Crippen LogP contribution in [-0.2, 0) is 0 Å². The Morgan fingerprint density at radius 1 is 1.05 bits per heavy atom. The Bertz CT molecular complexity index is 636. The van der Waals surface area contributed by atoms with Crippen LogP contribution < -0.4 is 15.8 Å². The quantitative estimate of drug-likeness (QED) is 0.736. The average Bonchev–Trinajstić information content (AvgIpc) is 2.46. The number of hydrazine groups is 1. The number of hydrogen-bond donors (Lipinski definition) is 3. The van der Waals surface area contributed by atoms with E-state index in [9.17, 15) is 9.90 Å². The van der Waals surface area contributed by atoms with E-state index in [0.717, 1.165) is 16.9 Å². The van der Waals surface area contributed by atoms with Gasteiger partial charge in [-0.15, -0.1) is 0 Å². The molecule has 0 aliphatic rings. The predicted octanol–water partition coefficient (Wildman–Crippen LogP) is 3.20. The predicted molar refractivity (Wildman–Crippen MR) is 86.2 cm³/mol. The van der Waals surface area contributed by atoms with E-state index in [1.165, 1.54) is 0 Å². The molecule has 0 aromatic heterocycles. The van der Waals surface area contributed by atoms with Crippen LogP contribution in [0.25, 0.3) is 0 Å². The number of rotatable bonds is 5. The third-order valence-electron chi connectivity index (χ3n) is 3.22. The summed E-state index contributed by atoms with van der Waals surface area (Å²) >= 11 is 0. The number of hydrogen-bond acceptors (Lipinski definition) is 4. The van der Waals surface area contributed by atoms with Crippen LogP contribution in [0.4, 0.5) is 17.1 Å². The maximum absolute atomic E-state index is 11.2. The van der Waals surface area contributed by atoms with Crippen LogP contribution in [0.1, 0.15) is 15.9 Å². The fraction of sp³-hybridized carbons (Fsp3) is 0.188. The van der Waals surface area contributed by atoms with Gasteiger partial charge in [-0.25, -0.2) is 4.79 Å². The van der Waals surface area contributed by atoms with Crippen molar-refractivity contribution in [2.75, 3.05) is 29.8 Å². The van der Waals surface area contributed by atoms with Crippen molar-refractivity contribution in [3.05, 3.63) is 53.6 Å². The van der Waals surface area contributed by atoms with Crippen LogP contribution in [0.2, 0.25) is 0 Å². The van der Waals surface area contributed by atoms with Crippen LogP contribution in [0, 0.1) is 6.92 Å². The SMILES string of the molecule is Cc1cccc(C(=O)O)c1NNc1ccc(N(C)C)cc1. The van der Waals surface area contributed by atoms with Crippen molar-refractivity contribution in [1.82, 2.24) is 0 Å². The van der Waals surface area contributed by atoms with Gasteiger partial charge in [-0.05, 0) is 42.8 Å². The highest BCUT2D eigenvalue weighted by Crippen LogP contribution is 2.22. The number of para-hydroxylation sites is 1. The highest BCUT2D eigenvalue weighted by atomic mass is 16.4. The van der Waals surface area contributed by atoms with E-state index in [1.54, 1.807) is 12.1 Å². The monoisotopic (exact) mass is 285 g/mol. The lowest BCUT2D eigenvalue weighted by Crippen LogP contribution is -2.14. The van der Waals surface area contributed by atoms with Gasteiger partial charge in [0, 0.05) is 19.8 Å². The Kier molecular flexibility index (Phi) is 4.33. The van der Waals surface area contributed by atoms with Crippen LogP contribution in [0.3, 0.4) is 0 Å². The van der Waals surface area contributed by atoms with Gasteiger partial charge < -0.3 is 15.4 Å². The summed E-state index contributed by atoms with van der Waals surface area (Å²) in [7, 11) is 3.96. The van der Waals surface area contributed by atoms with Gasteiger partial charge in [0.25, 0.3) is 0 Å². The summed E-state index contributed by atoms with van der Waals surface area (Å²) in [6, 6.07) is 13.0. The van der Waals surface area contributed by atoms with Crippen LogP contribution >= 0.6 is 0 Å². The molecule has 0 fully saturated rings. The van der Waals surface area contributed by atoms with Crippen molar-refractivity contribution in [3.8, 4) is 0 Å². The minimum absolute atomic E-state index is 0.243. The maximum Gasteiger partial charge on any atom is 0.337 e. The van der Waals surface area contributed by atoms with Gasteiger partial charge in [-0.3, -0.25) is 5.43 Å². The molecule has 0 bridgehead atoms. The Morgan fingerprint density at radius 3 is 2.29 bits per heavy atom. The second-order valence-electron chi connectivity index (χ2n) is 4.99. The molecule has 0 amide bonds. The summed E-state index contributed by atoms with van der Waals surface area (Å²) in [5.41, 5.74) is 9.66.